The zero-order valence-corrected chi connectivity index (χ0v) is 52.0. The summed E-state index contributed by atoms with van der Waals surface area (Å²) in [5.41, 5.74) is 24.8. The first-order valence-electron chi connectivity index (χ1n) is 31.5. The Labute approximate surface area is 545 Å². The first-order chi connectivity index (χ1) is 45.6. The minimum absolute atomic E-state index is 0.610. The molecule has 0 saturated carbocycles. The maximum Gasteiger partial charge on any atom is 0.149 e. The lowest BCUT2D eigenvalue weighted by molar-refractivity contribution is 0.649. The summed E-state index contributed by atoms with van der Waals surface area (Å²) >= 11 is 5.70. The van der Waals surface area contributed by atoms with E-state index in [1.54, 1.807) is 0 Å². The molecule has 0 amide bonds. The molecule has 0 radical (unpaired) electrons. The van der Waals surface area contributed by atoms with Crippen molar-refractivity contribution in [2.24, 2.45) is 0 Å². The molecule has 4 heterocycles. The zero-order valence-electron chi connectivity index (χ0n) is 49.5. The highest BCUT2D eigenvalue weighted by Gasteiger charge is 2.53. The molecule has 4 aliphatic rings. The minimum atomic E-state index is -0.639. The Kier molecular flexibility index (Phi) is 11.3. The van der Waals surface area contributed by atoms with Crippen LogP contribution in [0.5, 0.6) is 0 Å². The molecule has 2 atom stereocenters. The van der Waals surface area contributed by atoms with Crippen LogP contribution < -0.4 is 9.80 Å². The molecule has 0 bridgehead atoms. The first kappa shape index (κ1) is 52.2. The van der Waals surface area contributed by atoms with Crippen LogP contribution in [0.1, 0.15) is 44.5 Å². The molecule has 2 unspecified atom stereocenters. The van der Waals surface area contributed by atoms with E-state index < -0.39 is 10.8 Å². The van der Waals surface area contributed by atoms with Crippen molar-refractivity contribution >= 4 is 111 Å². The topological polar surface area (TPSA) is 19.6 Å². The maximum absolute atomic E-state index is 7.62. The van der Waals surface area contributed by atoms with E-state index in [9.17, 15) is 0 Å². The van der Waals surface area contributed by atoms with E-state index >= 15 is 0 Å². The van der Waals surface area contributed by atoms with Gasteiger partial charge < -0.3 is 14.2 Å². The molecule has 3 nitrogen and oxygen atoms in total. The van der Waals surface area contributed by atoms with Crippen molar-refractivity contribution < 1.29 is 4.42 Å². The highest BCUT2D eigenvalue weighted by molar-refractivity contribution is 8.00. The molecule has 16 aromatic rings. The van der Waals surface area contributed by atoms with Crippen molar-refractivity contribution in [1.29, 1.82) is 0 Å². The summed E-state index contributed by atoms with van der Waals surface area (Å²) in [6.07, 6.45) is 0. The summed E-state index contributed by atoms with van der Waals surface area (Å²) < 4.78 is 10.3. The normalized spacial score (nSPS) is 16.0. The van der Waals surface area contributed by atoms with Gasteiger partial charge in [0.15, 0.2) is 0 Å². The minimum Gasteiger partial charge on any atom is -0.454 e. The molecule has 0 saturated heterocycles. The number of fused-ring (bicyclic) bond motifs is 26. The summed E-state index contributed by atoms with van der Waals surface area (Å²) in [6, 6.07) is 117. The van der Waals surface area contributed by atoms with Gasteiger partial charge in [-0.2, -0.15) is 0 Å². The van der Waals surface area contributed by atoms with Gasteiger partial charge in [0.1, 0.15) is 11.2 Å². The molecule has 0 N–H and O–H groups in total. The molecule has 2 aliphatic carbocycles. The number of nitrogens with zero attached hydrogens (tertiary/aromatic N) is 2. The predicted octanol–water partition coefficient (Wildman–Crippen LogP) is 24.2. The maximum atomic E-state index is 7.62. The molecule has 6 heteroatoms. The number of thiophene rings is 1. The van der Waals surface area contributed by atoms with Crippen molar-refractivity contribution in [1.82, 2.24) is 0 Å². The lowest BCUT2D eigenvalue weighted by atomic mass is 9.67. The van der Waals surface area contributed by atoms with Crippen LogP contribution in [0.15, 0.2) is 339 Å². The Hall–Kier alpha value is -10.6. The number of hydrogen-bond acceptors (Lipinski definition) is 6. The molecular weight excluding hydrogens is 1170 g/mol. The Balaban J connectivity index is 0.781. The van der Waals surface area contributed by atoms with Crippen LogP contribution in [-0.2, 0) is 10.8 Å². The number of anilines is 6. The van der Waals surface area contributed by atoms with Crippen molar-refractivity contribution in [2.45, 2.75) is 30.4 Å². The van der Waals surface area contributed by atoms with Crippen molar-refractivity contribution in [2.75, 3.05) is 9.80 Å². The SMILES string of the molecule is c1ccc(N(c2ccccc2)c2ccc3c(c2)Sc2c(ccc4c2sc2ccccc24)C32c3ccccc3-c3cc(-c4cccc5c4oc4c6c(ccc45)C4(c5ccccc5S6)c5ccccc5-c5ccc(N(c6ccccc6)c6ccccc6)cc54)ccc32)cc1. The summed E-state index contributed by atoms with van der Waals surface area (Å²) in [4.78, 5) is 9.76. The Morgan fingerprint density at radius 3 is 1.42 bits per heavy atom. The van der Waals surface area contributed by atoms with Crippen LogP contribution in [0.4, 0.5) is 34.1 Å². The number of benzene rings is 14. The third kappa shape index (κ3) is 7.20. The second kappa shape index (κ2) is 19.9. The molecule has 14 aromatic carbocycles. The second-order valence-corrected chi connectivity index (χ2v) is 27.7. The van der Waals surface area contributed by atoms with Gasteiger partial charge in [0.05, 0.1) is 15.7 Å². The van der Waals surface area contributed by atoms with E-state index in [1.807, 2.05) is 34.9 Å². The Morgan fingerprint density at radius 1 is 0.261 bits per heavy atom. The fourth-order valence-electron chi connectivity index (χ4n) is 16.3. The van der Waals surface area contributed by atoms with Gasteiger partial charge in [-0.15, -0.1) is 11.3 Å². The summed E-state index contributed by atoms with van der Waals surface area (Å²) in [5, 5.41) is 4.84. The highest BCUT2D eigenvalue weighted by atomic mass is 32.2. The van der Waals surface area contributed by atoms with Crippen LogP contribution in [0.2, 0.25) is 0 Å². The number of furan rings is 1. The summed E-state index contributed by atoms with van der Waals surface area (Å²) in [6.45, 7) is 0. The molecule has 20 rings (SSSR count). The van der Waals surface area contributed by atoms with Crippen LogP contribution >= 0.6 is 34.9 Å². The van der Waals surface area contributed by atoms with E-state index in [1.165, 1.54) is 102 Å². The smallest absolute Gasteiger partial charge is 0.149 e. The molecule has 2 spiro atoms. The lowest BCUT2D eigenvalue weighted by Gasteiger charge is -2.40. The van der Waals surface area contributed by atoms with E-state index in [0.717, 1.165) is 72.1 Å². The Morgan fingerprint density at radius 2 is 0.728 bits per heavy atom. The zero-order chi connectivity index (χ0) is 60.2. The summed E-state index contributed by atoms with van der Waals surface area (Å²) in [5.74, 6) is 0. The number of rotatable bonds is 7. The van der Waals surface area contributed by atoms with Crippen molar-refractivity contribution in [3.05, 3.63) is 360 Å². The molecule has 92 heavy (non-hydrogen) atoms. The lowest BCUT2D eigenvalue weighted by Crippen LogP contribution is -2.32. The fourth-order valence-corrected chi connectivity index (χ4v) is 20.2. The van der Waals surface area contributed by atoms with Gasteiger partial charge in [0.25, 0.3) is 0 Å². The second-order valence-electron chi connectivity index (χ2n) is 24.5. The Bertz CT molecular complexity index is 5660. The molecule has 2 aliphatic heterocycles. The molecular formula is C86H52N2OS3. The van der Waals surface area contributed by atoms with E-state index in [0.29, 0.717) is 0 Å². The molecule has 2 aromatic heterocycles. The third-order valence-corrected chi connectivity index (χ3v) is 23.7. The average Bonchev–Trinajstić information content (AvgIpc) is 1.47. The molecule has 0 fully saturated rings. The van der Waals surface area contributed by atoms with Crippen molar-refractivity contribution in [3.8, 4) is 33.4 Å². The van der Waals surface area contributed by atoms with Crippen molar-refractivity contribution in [3.63, 3.8) is 0 Å². The first-order valence-corrected chi connectivity index (χ1v) is 33.9. The van der Waals surface area contributed by atoms with Crippen LogP contribution in [0, 0.1) is 0 Å². The van der Waals surface area contributed by atoms with Gasteiger partial charge >= 0.3 is 0 Å². The number of para-hydroxylation sites is 5. The van der Waals surface area contributed by atoms with Gasteiger partial charge in [0.2, 0.25) is 0 Å². The predicted molar refractivity (Wildman–Crippen MR) is 384 cm³/mol. The van der Waals surface area contributed by atoms with Gasteiger partial charge in [-0.25, -0.2) is 0 Å². The van der Waals surface area contributed by atoms with Gasteiger partial charge in [-0.1, -0.05) is 248 Å². The van der Waals surface area contributed by atoms with Gasteiger partial charge in [-0.3, -0.25) is 0 Å². The fraction of sp³-hybridized carbons (Fsp3) is 0.0233. The van der Waals surface area contributed by atoms with Gasteiger partial charge in [0, 0.05) is 85.3 Å². The van der Waals surface area contributed by atoms with E-state index in [2.05, 4.69) is 325 Å². The van der Waals surface area contributed by atoms with Crippen LogP contribution in [0.25, 0.3) is 75.5 Å². The monoisotopic (exact) mass is 1220 g/mol. The third-order valence-electron chi connectivity index (χ3n) is 20.0. The molecule has 430 valence electrons. The van der Waals surface area contributed by atoms with E-state index in [4.69, 9.17) is 4.42 Å². The largest absolute Gasteiger partial charge is 0.454 e. The summed E-state index contributed by atoms with van der Waals surface area (Å²) in [7, 11) is 0. The van der Waals surface area contributed by atoms with E-state index in [-0.39, 0.29) is 0 Å². The van der Waals surface area contributed by atoms with Gasteiger partial charge in [-0.05, 0) is 163 Å². The standard InChI is InChI=1S/C86H52N2OS3/c1-5-22-54(23-6-1)87(55-24-7-2-8-25-55)58-41-43-63-61-30-13-16-35-69(61)86(76(63)51-58)72-37-18-20-39-78(72)91-83-74(86)48-44-66-65-34-21-33-60(80(65)89-81(66)83)53-40-46-71-68(50-53)62-31-14-17-36-70(62)85(71)73-47-42-59(88(56-26-9-3-10-27-56)57-28-11-4-12-29-57)52-79(73)92-84-75(85)49-45-67-64-32-15-19-38-77(64)90-82(67)84/h1-52H. The number of hydrogen-bond donors (Lipinski definition) is 0. The average molecular weight is 1230 g/mol. The van der Waals surface area contributed by atoms with Crippen LogP contribution in [-0.4, -0.2) is 0 Å². The highest BCUT2D eigenvalue weighted by Crippen LogP contribution is 2.67. The quantitative estimate of drug-likeness (QED) is 0.158. The van der Waals surface area contributed by atoms with Crippen LogP contribution in [0.3, 0.4) is 0 Å².